The number of ether oxygens (including phenoxy) is 3. The summed E-state index contributed by atoms with van der Waals surface area (Å²) in [6.07, 6.45) is -1.56. The third kappa shape index (κ3) is 7.74. The molecule has 0 aliphatic heterocycles. The Kier molecular flexibility index (Phi) is 8.70. The van der Waals surface area contributed by atoms with Gasteiger partial charge in [0.25, 0.3) is 0 Å². The van der Waals surface area contributed by atoms with Gasteiger partial charge in [-0.3, -0.25) is 0 Å². The zero-order valence-electron chi connectivity index (χ0n) is 15.7. The first kappa shape index (κ1) is 20.8. The Hall–Kier alpha value is -2.48. The van der Waals surface area contributed by atoms with Crippen molar-refractivity contribution in [3.8, 4) is 11.5 Å². The van der Waals surface area contributed by atoms with E-state index < -0.39 is 12.2 Å². The second-order valence-corrected chi connectivity index (χ2v) is 6.02. The molecular weight excluding hydrogens is 348 g/mol. The zero-order valence-corrected chi connectivity index (χ0v) is 15.7. The van der Waals surface area contributed by atoms with Crippen LogP contribution < -0.4 is 20.1 Å². The lowest BCUT2D eigenvalue weighted by molar-refractivity contribution is -0.0308. The van der Waals surface area contributed by atoms with E-state index in [0.29, 0.717) is 11.5 Å². The van der Waals surface area contributed by atoms with Gasteiger partial charge in [0, 0.05) is 25.5 Å². The van der Waals surface area contributed by atoms with Crippen molar-refractivity contribution in [2.75, 3.05) is 51.2 Å². The van der Waals surface area contributed by atoms with Crippen molar-refractivity contribution in [1.82, 2.24) is 0 Å². The Morgan fingerprint density at radius 3 is 1.37 bits per heavy atom. The van der Waals surface area contributed by atoms with E-state index in [9.17, 15) is 10.2 Å². The summed E-state index contributed by atoms with van der Waals surface area (Å²) in [4.78, 5) is 0. The predicted octanol–water partition coefficient (Wildman–Crippen LogP) is 1.97. The minimum Gasteiger partial charge on any atom is -0.491 e. The third-order valence-corrected chi connectivity index (χ3v) is 3.79. The molecule has 2 atom stereocenters. The quantitative estimate of drug-likeness (QED) is 0.450. The second-order valence-electron chi connectivity index (χ2n) is 6.02. The van der Waals surface area contributed by atoms with E-state index in [0.717, 1.165) is 11.4 Å². The molecule has 0 spiro atoms. The highest BCUT2D eigenvalue weighted by Gasteiger charge is 2.10. The van der Waals surface area contributed by atoms with Crippen molar-refractivity contribution >= 4 is 11.4 Å². The van der Waals surface area contributed by atoms with Gasteiger partial charge >= 0.3 is 0 Å². The number of hydrogen-bond acceptors (Lipinski definition) is 7. The van der Waals surface area contributed by atoms with Gasteiger partial charge in [0.05, 0.1) is 13.2 Å². The summed E-state index contributed by atoms with van der Waals surface area (Å²) in [6, 6.07) is 14.9. The summed E-state index contributed by atoms with van der Waals surface area (Å²) in [6.45, 7) is 0.373. The molecule has 0 heterocycles. The van der Waals surface area contributed by atoms with Gasteiger partial charge in [0.1, 0.15) is 36.9 Å². The topological polar surface area (TPSA) is 92.2 Å². The first-order valence-corrected chi connectivity index (χ1v) is 8.86. The van der Waals surface area contributed by atoms with Gasteiger partial charge in [0.15, 0.2) is 0 Å². The molecule has 2 aromatic rings. The molecule has 0 fully saturated rings. The molecule has 2 aromatic carbocycles. The largest absolute Gasteiger partial charge is 0.491 e. The molecule has 4 N–H and O–H groups in total. The summed E-state index contributed by atoms with van der Waals surface area (Å²) in [5, 5.41) is 25.8. The Bertz CT molecular complexity index is 591. The maximum absolute atomic E-state index is 9.90. The summed E-state index contributed by atoms with van der Waals surface area (Å²) in [5.41, 5.74) is 1.97. The van der Waals surface area contributed by atoms with E-state index in [1.165, 1.54) is 0 Å². The molecule has 0 aromatic heterocycles. The molecule has 7 heteroatoms. The molecule has 0 saturated carbocycles. The van der Waals surface area contributed by atoms with Crippen molar-refractivity contribution in [2.45, 2.75) is 12.2 Å². The minimum absolute atomic E-state index is 0.0719. The van der Waals surface area contributed by atoms with E-state index in [-0.39, 0.29) is 26.4 Å². The molecule has 0 aliphatic rings. The predicted molar refractivity (Wildman–Crippen MR) is 106 cm³/mol. The van der Waals surface area contributed by atoms with Gasteiger partial charge < -0.3 is 35.1 Å². The van der Waals surface area contributed by atoms with Gasteiger partial charge in [0.2, 0.25) is 0 Å². The minimum atomic E-state index is -0.781. The number of hydrogen-bond donors (Lipinski definition) is 4. The van der Waals surface area contributed by atoms with Crippen LogP contribution in [0.25, 0.3) is 0 Å². The summed E-state index contributed by atoms with van der Waals surface area (Å²) < 4.78 is 16.3. The van der Waals surface area contributed by atoms with Crippen LogP contribution in [0, 0.1) is 0 Å². The van der Waals surface area contributed by atoms with E-state index in [2.05, 4.69) is 10.6 Å². The standard InChI is InChI=1S/C20H28N2O5/c1-21-15-3-7-19(8-4-15)26-13-17(23)11-25-12-18(24)14-27-20-9-5-16(22-2)6-10-20/h3-10,17-18,21-24H,11-14H2,1-2H3. The maximum Gasteiger partial charge on any atom is 0.119 e. The molecule has 0 radical (unpaired) electrons. The van der Waals surface area contributed by atoms with Crippen LogP contribution in [0.4, 0.5) is 11.4 Å². The molecule has 2 unspecified atom stereocenters. The molecule has 0 aliphatic carbocycles. The van der Waals surface area contributed by atoms with Crippen molar-refractivity contribution in [3.05, 3.63) is 48.5 Å². The first-order chi connectivity index (χ1) is 13.1. The molecule has 7 nitrogen and oxygen atoms in total. The van der Waals surface area contributed by atoms with Gasteiger partial charge in [-0.05, 0) is 48.5 Å². The van der Waals surface area contributed by atoms with Crippen molar-refractivity contribution < 1.29 is 24.4 Å². The molecular formula is C20H28N2O5. The van der Waals surface area contributed by atoms with Crippen LogP contribution in [0.5, 0.6) is 11.5 Å². The fourth-order valence-electron chi connectivity index (χ4n) is 2.26. The number of aliphatic hydroxyl groups excluding tert-OH is 2. The number of nitrogens with one attached hydrogen (secondary N) is 2. The van der Waals surface area contributed by atoms with E-state index >= 15 is 0 Å². The molecule has 0 saturated heterocycles. The van der Waals surface area contributed by atoms with Crippen LogP contribution in [0.2, 0.25) is 0 Å². The monoisotopic (exact) mass is 376 g/mol. The highest BCUT2D eigenvalue weighted by atomic mass is 16.5. The normalized spacial score (nSPS) is 12.9. The number of benzene rings is 2. The SMILES string of the molecule is CNc1ccc(OCC(O)COCC(O)COc2ccc(NC)cc2)cc1. The lowest BCUT2D eigenvalue weighted by atomic mass is 10.3. The smallest absolute Gasteiger partial charge is 0.119 e. The number of anilines is 2. The van der Waals surface area contributed by atoms with Crippen LogP contribution in [0.1, 0.15) is 0 Å². The Balaban J connectivity index is 1.58. The van der Waals surface area contributed by atoms with Crippen LogP contribution >= 0.6 is 0 Å². The Labute approximate surface area is 159 Å². The highest BCUT2D eigenvalue weighted by Crippen LogP contribution is 2.16. The van der Waals surface area contributed by atoms with Gasteiger partial charge in [-0.1, -0.05) is 0 Å². The van der Waals surface area contributed by atoms with Crippen molar-refractivity contribution in [1.29, 1.82) is 0 Å². The lowest BCUT2D eigenvalue weighted by Gasteiger charge is -2.16. The van der Waals surface area contributed by atoms with Crippen LogP contribution in [0.15, 0.2) is 48.5 Å². The molecule has 0 amide bonds. The molecule has 27 heavy (non-hydrogen) atoms. The van der Waals surface area contributed by atoms with E-state index in [4.69, 9.17) is 14.2 Å². The van der Waals surface area contributed by atoms with Crippen molar-refractivity contribution in [2.24, 2.45) is 0 Å². The first-order valence-electron chi connectivity index (χ1n) is 8.86. The lowest BCUT2D eigenvalue weighted by Crippen LogP contribution is -2.28. The van der Waals surface area contributed by atoms with Gasteiger partial charge in [-0.15, -0.1) is 0 Å². The second kappa shape index (κ2) is 11.3. The molecule has 2 rings (SSSR count). The average molecular weight is 376 g/mol. The fraction of sp³-hybridized carbons (Fsp3) is 0.400. The average Bonchev–Trinajstić information content (AvgIpc) is 2.71. The van der Waals surface area contributed by atoms with Crippen LogP contribution in [-0.2, 0) is 4.74 Å². The summed E-state index contributed by atoms with van der Waals surface area (Å²) >= 11 is 0. The van der Waals surface area contributed by atoms with E-state index in [1.54, 1.807) is 0 Å². The fourth-order valence-corrected chi connectivity index (χ4v) is 2.26. The molecule has 148 valence electrons. The van der Waals surface area contributed by atoms with Gasteiger partial charge in [-0.2, -0.15) is 0 Å². The summed E-state index contributed by atoms with van der Waals surface area (Å²) in [7, 11) is 3.69. The number of aliphatic hydroxyl groups is 2. The van der Waals surface area contributed by atoms with Crippen LogP contribution in [-0.4, -0.2) is 62.9 Å². The van der Waals surface area contributed by atoms with Crippen molar-refractivity contribution in [3.63, 3.8) is 0 Å². The Morgan fingerprint density at radius 2 is 1.04 bits per heavy atom. The van der Waals surface area contributed by atoms with Crippen LogP contribution in [0.3, 0.4) is 0 Å². The Morgan fingerprint density at radius 1 is 0.667 bits per heavy atom. The zero-order chi connectivity index (χ0) is 19.5. The third-order valence-electron chi connectivity index (χ3n) is 3.79. The maximum atomic E-state index is 9.90. The van der Waals surface area contributed by atoms with Gasteiger partial charge in [-0.25, -0.2) is 0 Å². The number of rotatable bonds is 12. The summed E-state index contributed by atoms with van der Waals surface area (Å²) in [5.74, 6) is 1.34. The highest BCUT2D eigenvalue weighted by molar-refractivity contribution is 5.46. The van der Waals surface area contributed by atoms with E-state index in [1.807, 2.05) is 62.6 Å². The molecule has 0 bridgehead atoms.